The second kappa shape index (κ2) is 25.1. The summed E-state index contributed by atoms with van der Waals surface area (Å²) in [5.41, 5.74) is 1.24. The van der Waals surface area contributed by atoms with Gasteiger partial charge in [-0.15, -0.1) is 0 Å². The second-order valence-electron chi connectivity index (χ2n) is 19.6. The number of ether oxygens (including phenoxy) is 5. The lowest BCUT2D eigenvalue weighted by Crippen LogP contribution is -2.62. The van der Waals surface area contributed by atoms with Crippen LogP contribution in [0.3, 0.4) is 0 Å². The van der Waals surface area contributed by atoms with Gasteiger partial charge in [-0.2, -0.15) is 0 Å². The molecule has 65 heavy (non-hydrogen) atoms. The van der Waals surface area contributed by atoms with Crippen LogP contribution >= 0.6 is 0 Å². The quantitative estimate of drug-likeness (QED) is 0.156. The van der Waals surface area contributed by atoms with Gasteiger partial charge in [-0.1, -0.05) is 71.1 Å². The Kier molecular flexibility index (Phi) is 21.0. The van der Waals surface area contributed by atoms with Gasteiger partial charge in [0.25, 0.3) is 5.91 Å². The lowest BCUT2D eigenvalue weighted by molar-refractivity contribution is -0.231. The standard InChI is InChI=1S/C51H79NO13/c1-30-16-12-11-13-17-31(2)42(61-8)28-38-21-19-32(3)48(57)51(60,65-38)50(59)52-23-15-14-18-39(52)49(58)64-43(34(5)26-37-20-22-40(53)44(27-37)62-9)29-41(54)33(4)25-36(7)46(56)47(63-10)45(55)35(6)24-30/h11-13,16-17,25,30,32-35,37-40,42-44,46-47,53,56,60H,14-15,18-24,26-29H2,1-10H3/b13-11+,16-12+,31-17?,36-25+/t30-,32-,33-,34-,35+,37+,38?,39?,40+,42+,43+,44-,46-,47+,51?/m1/s1. The Balaban J connectivity index is 1.74. The Morgan fingerprint density at radius 2 is 1.55 bits per heavy atom. The van der Waals surface area contributed by atoms with Crippen molar-refractivity contribution in [1.29, 1.82) is 0 Å². The minimum absolute atomic E-state index is 0.0147. The van der Waals surface area contributed by atoms with Crippen LogP contribution in [0.5, 0.6) is 0 Å². The summed E-state index contributed by atoms with van der Waals surface area (Å²) in [6, 6.07) is -1.16. The van der Waals surface area contributed by atoms with Gasteiger partial charge in [-0.25, -0.2) is 4.79 Å². The van der Waals surface area contributed by atoms with Crippen LogP contribution in [0.15, 0.2) is 47.6 Å². The molecule has 1 aliphatic carbocycles. The molecule has 14 nitrogen and oxygen atoms in total. The van der Waals surface area contributed by atoms with Crippen LogP contribution < -0.4 is 0 Å². The third kappa shape index (κ3) is 14.3. The largest absolute Gasteiger partial charge is 0.460 e. The van der Waals surface area contributed by atoms with Crippen molar-refractivity contribution >= 4 is 29.2 Å². The first-order valence-corrected chi connectivity index (χ1v) is 23.9. The monoisotopic (exact) mass is 914 g/mol. The topological polar surface area (TPSA) is 195 Å². The number of carbonyl (C=O) groups excluding carboxylic acids is 5. The first kappa shape index (κ1) is 54.2. The number of methoxy groups -OCH3 is 3. The van der Waals surface area contributed by atoms with Gasteiger partial charge in [-0.05, 0) is 107 Å². The zero-order valence-electron chi connectivity index (χ0n) is 40.6. The summed E-state index contributed by atoms with van der Waals surface area (Å²) in [5.74, 6) is -8.01. The molecule has 3 unspecified atom stereocenters. The number of piperidine rings is 1. The molecule has 3 N–H and O–H groups in total. The number of aliphatic hydroxyl groups is 3. The molecule has 14 heteroatoms. The highest BCUT2D eigenvalue weighted by Gasteiger charge is 2.55. The maximum Gasteiger partial charge on any atom is 0.329 e. The number of Topliss-reactive ketones (excluding diaryl/α,β-unsaturated/α-hetero) is 3. The minimum Gasteiger partial charge on any atom is -0.460 e. The molecule has 366 valence electrons. The summed E-state index contributed by atoms with van der Waals surface area (Å²) in [6.07, 6.45) is 10.7. The molecule has 2 bridgehead atoms. The number of aliphatic hydroxyl groups excluding tert-OH is 2. The Morgan fingerprint density at radius 3 is 2.23 bits per heavy atom. The van der Waals surface area contributed by atoms with E-state index in [9.17, 15) is 39.3 Å². The predicted octanol–water partition coefficient (Wildman–Crippen LogP) is 6.18. The van der Waals surface area contributed by atoms with E-state index in [2.05, 4.69) is 0 Å². The fourth-order valence-electron chi connectivity index (χ4n) is 10.1. The average Bonchev–Trinajstić information content (AvgIpc) is 3.39. The van der Waals surface area contributed by atoms with E-state index < -0.39 is 83.9 Å². The van der Waals surface area contributed by atoms with Crippen LogP contribution in [0, 0.1) is 35.5 Å². The molecule has 0 aromatic heterocycles. The number of cyclic esters (lactones) is 1. The molecule has 0 aromatic rings. The molecule has 4 rings (SSSR count). The molecule has 3 heterocycles. The maximum absolute atomic E-state index is 14.6. The van der Waals surface area contributed by atoms with E-state index in [1.807, 2.05) is 58.1 Å². The van der Waals surface area contributed by atoms with E-state index in [1.165, 1.54) is 12.0 Å². The van der Waals surface area contributed by atoms with E-state index in [0.29, 0.717) is 56.9 Å². The van der Waals surface area contributed by atoms with Gasteiger partial charge in [0.2, 0.25) is 5.78 Å². The van der Waals surface area contributed by atoms with Crippen molar-refractivity contribution in [1.82, 2.24) is 4.90 Å². The summed E-state index contributed by atoms with van der Waals surface area (Å²) < 4.78 is 29.5. The summed E-state index contributed by atoms with van der Waals surface area (Å²) >= 11 is 0. The molecule has 15 atom stereocenters. The van der Waals surface area contributed by atoms with Crippen molar-refractivity contribution in [2.45, 2.75) is 180 Å². The van der Waals surface area contributed by atoms with E-state index in [-0.39, 0.29) is 61.2 Å². The second-order valence-corrected chi connectivity index (χ2v) is 19.6. The van der Waals surface area contributed by atoms with Crippen molar-refractivity contribution in [2.24, 2.45) is 35.5 Å². The highest BCUT2D eigenvalue weighted by atomic mass is 16.6. The van der Waals surface area contributed by atoms with Crippen LogP contribution in [-0.2, 0) is 47.7 Å². The number of hydrogen-bond donors (Lipinski definition) is 3. The Morgan fingerprint density at radius 1 is 0.831 bits per heavy atom. The maximum atomic E-state index is 14.6. The van der Waals surface area contributed by atoms with Crippen molar-refractivity contribution in [3.8, 4) is 0 Å². The summed E-state index contributed by atoms with van der Waals surface area (Å²) in [4.78, 5) is 72.1. The zero-order valence-corrected chi connectivity index (χ0v) is 40.6. The molecule has 3 aliphatic heterocycles. The normalized spacial score (nSPS) is 39.6. The van der Waals surface area contributed by atoms with Crippen LogP contribution in [0.1, 0.15) is 126 Å². The van der Waals surface area contributed by atoms with Gasteiger partial charge < -0.3 is 43.9 Å². The predicted molar refractivity (Wildman–Crippen MR) is 245 cm³/mol. The zero-order chi connectivity index (χ0) is 48.2. The number of fused-ring (bicyclic) bond motifs is 3. The number of nitrogens with zero attached hydrogens (tertiary/aromatic N) is 1. The number of hydrogen-bond acceptors (Lipinski definition) is 13. The molecule has 1 saturated carbocycles. The van der Waals surface area contributed by atoms with Crippen LogP contribution in [-0.4, -0.2) is 132 Å². The number of ketones is 3. The van der Waals surface area contributed by atoms with Gasteiger partial charge >= 0.3 is 11.8 Å². The van der Waals surface area contributed by atoms with Crippen LogP contribution in [0.4, 0.5) is 0 Å². The molecular formula is C51H79NO13. The number of amides is 1. The number of rotatable bonds is 6. The molecule has 4 aliphatic rings. The molecule has 3 fully saturated rings. The van der Waals surface area contributed by atoms with Crippen molar-refractivity contribution in [3.63, 3.8) is 0 Å². The summed E-state index contributed by atoms with van der Waals surface area (Å²) in [5, 5.41) is 34.1. The van der Waals surface area contributed by atoms with Crippen molar-refractivity contribution < 1.29 is 63.0 Å². The SMILES string of the molecule is CO[C@H]1CC2CC[C@@H](C)C(=O)C(O)(O2)C(=O)N2CCCCC2C(=O)O[C@H]([C@H](C)C[C@@H]2CC[C@H](O)[C@H](OC)C2)CC(=O)[C@H](C)/C=C(\C)[C@@H](O)[C@@H](OC)C(=O)[C@@H](C)C[C@H](C)/C=C/C=C/C=C1C. The molecule has 0 spiro atoms. The van der Waals surface area contributed by atoms with Crippen molar-refractivity contribution in [3.05, 3.63) is 47.6 Å². The smallest absolute Gasteiger partial charge is 0.329 e. The molecule has 1 amide bonds. The summed E-state index contributed by atoms with van der Waals surface area (Å²) in [6.45, 7) is 12.7. The van der Waals surface area contributed by atoms with Crippen LogP contribution in [0.2, 0.25) is 0 Å². The fraction of sp³-hybridized carbons (Fsp3) is 0.745. The van der Waals surface area contributed by atoms with Crippen LogP contribution in [0.25, 0.3) is 0 Å². The minimum atomic E-state index is -2.85. The number of esters is 1. The van der Waals surface area contributed by atoms with Gasteiger partial charge in [-0.3, -0.25) is 19.2 Å². The highest BCUT2D eigenvalue weighted by molar-refractivity contribution is 6.09. The molecule has 0 radical (unpaired) electrons. The van der Waals surface area contributed by atoms with E-state index in [0.717, 1.165) is 12.0 Å². The van der Waals surface area contributed by atoms with Gasteiger partial charge in [0.15, 0.2) is 5.78 Å². The van der Waals surface area contributed by atoms with Gasteiger partial charge in [0, 0.05) is 58.5 Å². The van der Waals surface area contributed by atoms with E-state index in [4.69, 9.17) is 23.7 Å². The third-order valence-electron chi connectivity index (χ3n) is 14.4. The lowest BCUT2D eigenvalue weighted by atomic mass is 9.78. The van der Waals surface area contributed by atoms with Gasteiger partial charge in [0.1, 0.15) is 30.1 Å². The summed E-state index contributed by atoms with van der Waals surface area (Å²) in [7, 11) is 4.51. The molecular weight excluding hydrogens is 835 g/mol. The number of allylic oxidation sites excluding steroid dienone is 6. The average molecular weight is 914 g/mol. The lowest BCUT2D eigenvalue weighted by Gasteiger charge is -2.40. The highest BCUT2D eigenvalue weighted by Crippen LogP contribution is 2.36. The molecule has 2 saturated heterocycles. The molecule has 0 aromatic carbocycles. The third-order valence-corrected chi connectivity index (χ3v) is 14.4. The van der Waals surface area contributed by atoms with Gasteiger partial charge in [0.05, 0.1) is 24.4 Å². The van der Waals surface area contributed by atoms with Crippen molar-refractivity contribution in [2.75, 3.05) is 27.9 Å². The van der Waals surface area contributed by atoms with E-state index in [1.54, 1.807) is 41.1 Å². The fourth-order valence-corrected chi connectivity index (χ4v) is 10.1. The Hall–Kier alpha value is -3.37. The van der Waals surface area contributed by atoms with E-state index >= 15 is 0 Å². The number of carbonyl (C=O) groups is 5. The first-order valence-electron chi connectivity index (χ1n) is 23.9. The Labute approximate surface area is 387 Å². The Bertz CT molecular complexity index is 1760. The first-order chi connectivity index (χ1) is 30.7.